The fourth-order valence-electron chi connectivity index (χ4n) is 7.95. The number of carbonyl (C=O) groups is 3. The van der Waals surface area contributed by atoms with Crippen molar-refractivity contribution < 1.29 is 28.6 Å². The topological polar surface area (TPSA) is 78.9 Å². The van der Waals surface area contributed by atoms with E-state index in [1.54, 1.807) is 0 Å². The van der Waals surface area contributed by atoms with E-state index in [9.17, 15) is 14.4 Å². The van der Waals surface area contributed by atoms with E-state index in [-0.39, 0.29) is 31.1 Å². The summed E-state index contributed by atoms with van der Waals surface area (Å²) in [6.45, 7) is 6.55. The fraction of sp³-hybridized carbons (Fsp3) is 0.873. The molecule has 6 nitrogen and oxygen atoms in total. The predicted molar refractivity (Wildman–Crippen MR) is 261 cm³/mol. The predicted octanol–water partition coefficient (Wildman–Crippen LogP) is 17.5. The molecule has 0 bridgehead atoms. The lowest BCUT2D eigenvalue weighted by Crippen LogP contribution is -2.30. The number of hydrogen-bond donors (Lipinski definition) is 0. The first-order chi connectivity index (χ1) is 30.0. The van der Waals surface area contributed by atoms with Crippen LogP contribution in [0.4, 0.5) is 0 Å². The van der Waals surface area contributed by atoms with E-state index in [2.05, 4.69) is 45.1 Å². The Morgan fingerprint density at radius 1 is 0.344 bits per heavy atom. The van der Waals surface area contributed by atoms with Crippen molar-refractivity contribution in [1.82, 2.24) is 0 Å². The van der Waals surface area contributed by atoms with Gasteiger partial charge in [-0.25, -0.2) is 0 Å². The SMILES string of the molecule is CC/C=C\C/C=C\CCCCCCCC(=O)OCC(COC(=O)CCCCCCCCCCCCCCCCCCCC)OC(=O)CCCCCCCCCCCCCCC. The molecule has 0 aromatic heterocycles. The molecular formula is C55H102O6. The summed E-state index contributed by atoms with van der Waals surface area (Å²) in [5.74, 6) is -0.870. The summed E-state index contributed by atoms with van der Waals surface area (Å²) in [6.07, 6.45) is 57.4. The average Bonchev–Trinajstić information content (AvgIpc) is 3.26. The summed E-state index contributed by atoms with van der Waals surface area (Å²) >= 11 is 0. The molecule has 0 aromatic rings. The van der Waals surface area contributed by atoms with Crippen molar-refractivity contribution in [3.8, 4) is 0 Å². The van der Waals surface area contributed by atoms with Crippen LogP contribution in [0, 0.1) is 0 Å². The van der Waals surface area contributed by atoms with E-state index in [0.29, 0.717) is 19.3 Å². The third kappa shape index (κ3) is 48.8. The monoisotopic (exact) mass is 859 g/mol. The second-order valence-electron chi connectivity index (χ2n) is 18.1. The molecule has 358 valence electrons. The Morgan fingerprint density at radius 3 is 0.984 bits per heavy atom. The molecule has 0 aliphatic heterocycles. The molecule has 0 saturated heterocycles. The van der Waals surface area contributed by atoms with Crippen LogP contribution in [0.1, 0.15) is 290 Å². The Kier molecular flexibility index (Phi) is 48.8. The molecular weight excluding hydrogens is 757 g/mol. The highest BCUT2D eigenvalue weighted by molar-refractivity contribution is 5.71. The van der Waals surface area contributed by atoms with Crippen molar-refractivity contribution in [2.24, 2.45) is 0 Å². The maximum Gasteiger partial charge on any atom is 0.306 e. The van der Waals surface area contributed by atoms with Gasteiger partial charge in [-0.2, -0.15) is 0 Å². The van der Waals surface area contributed by atoms with Crippen LogP contribution in [-0.2, 0) is 28.6 Å². The molecule has 0 heterocycles. The summed E-state index contributed by atoms with van der Waals surface area (Å²) in [6, 6.07) is 0. The summed E-state index contributed by atoms with van der Waals surface area (Å²) in [4.78, 5) is 38.0. The van der Waals surface area contributed by atoms with Gasteiger partial charge in [-0.15, -0.1) is 0 Å². The van der Waals surface area contributed by atoms with Crippen LogP contribution in [0.5, 0.6) is 0 Å². The molecule has 61 heavy (non-hydrogen) atoms. The molecule has 0 fully saturated rings. The first-order valence-electron chi connectivity index (χ1n) is 26.8. The number of hydrogen-bond acceptors (Lipinski definition) is 6. The molecule has 0 amide bonds. The molecule has 0 rings (SSSR count). The van der Waals surface area contributed by atoms with E-state index < -0.39 is 6.10 Å². The second-order valence-corrected chi connectivity index (χ2v) is 18.1. The minimum Gasteiger partial charge on any atom is -0.462 e. The van der Waals surface area contributed by atoms with Crippen LogP contribution >= 0.6 is 0 Å². The number of rotatable bonds is 49. The van der Waals surface area contributed by atoms with Gasteiger partial charge in [0.1, 0.15) is 13.2 Å². The lowest BCUT2D eigenvalue weighted by molar-refractivity contribution is -0.167. The van der Waals surface area contributed by atoms with Crippen LogP contribution in [0.25, 0.3) is 0 Å². The average molecular weight is 859 g/mol. The van der Waals surface area contributed by atoms with Gasteiger partial charge in [-0.3, -0.25) is 14.4 Å². The Balaban J connectivity index is 4.29. The summed E-state index contributed by atoms with van der Waals surface area (Å²) < 4.78 is 16.8. The zero-order valence-electron chi connectivity index (χ0n) is 40.9. The van der Waals surface area contributed by atoms with Crippen LogP contribution in [0.2, 0.25) is 0 Å². The Labute approximate surface area is 379 Å². The minimum absolute atomic E-state index is 0.0706. The van der Waals surface area contributed by atoms with Gasteiger partial charge in [0.15, 0.2) is 6.10 Å². The molecule has 6 heteroatoms. The maximum absolute atomic E-state index is 12.8. The number of esters is 3. The molecule has 0 saturated carbocycles. The quantitative estimate of drug-likeness (QED) is 0.0262. The molecule has 1 atom stereocenters. The summed E-state index contributed by atoms with van der Waals surface area (Å²) in [7, 11) is 0. The van der Waals surface area contributed by atoms with Gasteiger partial charge in [-0.1, -0.05) is 251 Å². The first kappa shape index (κ1) is 58.9. The largest absolute Gasteiger partial charge is 0.462 e. The van der Waals surface area contributed by atoms with Gasteiger partial charge < -0.3 is 14.2 Å². The first-order valence-corrected chi connectivity index (χ1v) is 26.8. The lowest BCUT2D eigenvalue weighted by Gasteiger charge is -2.18. The van der Waals surface area contributed by atoms with Crippen LogP contribution in [0.15, 0.2) is 24.3 Å². The highest BCUT2D eigenvalue weighted by Crippen LogP contribution is 2.17. The van der Waals surface area contributed by atoms with Crippen molar-refractivity contribution >= 4 is 17.9 Å². The highest BCUT2D eigenvalue weighted by atomic mass is 16.6. The smallest absolute Gasteiger partial charge is 0.306 e. The van der Waals surface area contributed by atoms with Crippen molar-refractivity contribution in [3.05, 3.63) is 24.3 Å². The van der Waals surface area contributed by atoms with E-state index in [1.165, 1.54) is 167 Å². The molecule has 0 aliphatic rings. The fourth-order valence-corrected chi connectivity index (χ4v) is 7.95. The van der Waals surface area contributed by atoms with Gasteiger partial charge in [-0.05, 0) is 44.9 Å². The number of carbonyl (C=O) groups excluding carboxylic acids is 3. The Morgan fingerprint density at radius 2 is 0.639 bits per heavy atom. The van der Waals surface area contributed by atoms with Gasteiger partial charge in [0.2, 0.25) is 0 Å². The van der Waals surface area contributed by atoms with E-state index in [4.69, 9.17) is 14.2 Å². The third-order valence-corrected chi connectivity index (χ3v) is 12.0. The van der Waals surface area contributed by atoms with Crippen molar-refractivity contribution in [2.45, 2.75) is 297 Å². The Hall–Kier alpha value is -2.11. The van der Waals surface area contributed by atoms with Crippen LogP contribution in [-0.4, -0.2) is 37.2 Å². The van der Waals surface area contributed by atoms with Gasteiger partial charge in [0.05, 0.1) is 0 Å². The zero-order chi connectivity index (χ0) is 44.4. The van der Waals surface area contributed by atoms with Crippen molar-refractivity contribution in [1.29, 1.82) is 0 Å². The van der Waals surface area contributed by atoms with Gasteiger partial charge >= 0.3 is 17.9 Å². The highest BCUT2D eigenvalue weighted by Gasteiger charge is 2.19. The molecule has 0 aromatic carbocycles. The minimum atomic E-state index is -0.770. The van der Waals surface area contributed by atoms with Gasteiger partial charge in [0.25, 0.3) is 0 Å². The zero-order valence-corrected chi connectivity index (χ0v) is 40.9. The van der Waals surface area contributed by atoms with Crippen LogP contribution < -0.4 is 0 Å². The van der Waals surface area contributed by atoms with Gasteiger partial charge in [0, 0.05) is 19.3 Å². The second kappa shape index (κ2) is 50.5. The van der Waals surface area contributed by atoms with Crippen molar-refractivity contribution in [3.63, 3.8) is 0 Å². The van der Waals surface area contributed by atoms with E-state index >= 15 is 0 Å². The molecule has 0 spiro atoms. The van der Waals surface area contributed by atoms with E-state index in [0.717, 1.165) is 83.5 Å². The van der Waals surface area contributed by atoms with Crippen molar-refractivity contribution in [2.75, 3.05) is 13.2 Å². The Bertz CT molecular complexity index is 989. The standard InChI is InChI=1S/C55H102O6/c1-4-7-10-13-16-19-22-25-26-27-28-29-31-33-36-39-42-45-48-54(57)60-51-52(50-59-53(56)47-44-41-38-35-32-24-21-18-15-12-9-6-3)61-55(58)49-46-43-40-37-34-30-23-20-17-14-11-8-5-2/h9,12,18,21,52H,4-8,10-11,13-17,19-20,22-51H2,1-3H3/b12-9-,21-18-. The summed E-state index contributed by atoms with van der Waals surface area (Å²) in [5, 5.41) is 0. The lowest BCUT2D eigenvalue weighted by atomic mass is 10.0. The summed E-state index contributed by atoms with van der Waals surface area (Å²) in [5.41, 5.74) is 0. The number of unbranched alkanes of at least 4 members (excludes halogenated alkanes) is 34. The number of ether oxygens (including phenoxy) is 3. The molecule has 0 aliphatic carbocycles. The molecule has 0 N–H and O–H groups in total. The third-order valence-electron chi connectivity index (χ3n) is 12.0. The molecule has 1 unspecified atom stereocenters. The molecule has 0 radical (unpaired) electrons. The number of allylic oxidation sites excluding steroid dienone is 4. The van der Waals surface area contributed by atoms with Crippen LogP contribution in [0.3, 0.4) is 0 Å². The maximum atomic E-state index is 12.8. The normalized spacial score (nSPS) is 12.1. The van der Waals surface area contributed by atoms with E-state index in [1.807, 2.05) is 0 Å².